The Balaban J connectivity index is 1.24. The van der Waals surface area contributed by atoms with Crippen LogP contribution in [0.15, 0.2) is 60.1 Å². The number of hydrogen-bond donors (Lipinski definition) is 3. The zero-order chi connectivity index (χ0) is 19.9. The number of ether oxygens (including phenoxy) is 1. The van der Waals surface area contributed by atoms with Gasteiger partial charge in [-0.15, -0.1) is 11.3 Å². The molecule has 0 bridgehead atoms. The van der Waals surface area contributed by atoms with Crippen LogP contribution in [0.25, 0.3) is 11.0 Å². The molecule has 0 atom stereocenters. The molecule has 29 heavy (non-hydrogen) atoms. The van der Waals surface area contributed by atoms with E-state index in [0.717, 1.165) is 27.6 Å². The number of aromatic nitrogens is 3. The van der Waals surface area contributed by atoms with E-state index in [0.29, 0.717) is 25.3 Å². The summed E-state index contributed by atoms with van der Waals surface area (Å²) in [6.07, 6.45) is 2.39. The van der Waals surface area contributed by atoms with Crippen molar-refractivity contribution in [3.05, 3.63) is 71.5 Å². The molecule has 0 aliphatic carbocycles. The van der Waals surface area contributed by atoms with Gasteiger partial charge in [-0.1, -0.05) is 30.3 Å². The maximum Gasteiger partial charge on any atom is 0.257 e. The second kappa shape index (κ2) is 9.20. The van der Waals surface area contributed by atoms with Crippen LogP contribution < -0.4 is 15.4 Å². The molecule has 0 aliphatic rings. The van der Waals surface area contributed by atoms with Crippen LogP contribution in [0, 0.1) is 0 Å². The van der Waals surface area contributed by atoms with Crippen molar-refractivity contribution in [2.45, 2.75) is 13.0 Å². The molecule has 8 heteroatoms. The summed E-state index contributed by atoms with van der Waals surface area (Å²) in [6.45, 7) is 1.04. The summed E-state index contributed by atoms with van der Waals surface area (Å²) in [5, 5.41) is 8.89. The van der Waals surface area contributed by atoms with Gasteiger partial charge in [0.15, 0.2) is 11.7 Å². The monoisotopic (exact) mass is 407 g/mol. The average Bonchev–Trinajstić information content (AvgIpc) is 3.40. The number of nitrogens with zero attached hydrogens (tertiary/aromatic N) is 2. The highest BCUT2D eigenvalue weighted by Crippen LogP contribution is 2.20. The van der Waals surface area contributed by atoms with E-state index < -0.39 is 0 Å². The molecule has 4 rings (SSSR count). The Kier molecular flexibility index (Phi) is 6.01. The van der Waals surface area contributed by atoms with Crippen LogP contribution in [0.2, 0.25) is 0 Å². The second-order valence-electron chi connectivity index (χ2n) is 6.39. The number of fused-ring (bicyclic) bond motifs is 1. The SMILES string of the molecule is O=C(COc1ccccc1CNc1nccs1)NCCc1nc2ccccc2[nH]1. The Bertz CT molecular complexity index is 1040. The van der Waals surface area contributed by atoms with Crippen LogP contribution in [0.5, 0.6) is 5.75 Å². The molecule has 0 saturated heterocycles. The summed E-state index contributed by atoms with van der Waals surface area (Å²) in [4.78, 5) is 24.1. The summed E-state index contributed by atoms with van der Waals surface area (Å²) in [6, 6.07) is 15.5. The van der Waals surface area contributed by atoms with Gasteiger partial charge in [-0.3, -0.25) is 4.79 Å². The fourth-order valence-electron chi connectivity index (χ4n) is 2.91. The van der Waals surface area contributed by atoms with Crippen molar-refractivity contribution in [3.63, 3.8) is 0 Å². The molecule has 0 spiro atoms. The number of para-hydroxylation sites is 3. The first-order valence-corrected chi connectivity index (χ1v) is 10.2. The third kappa shape index (κ3) is 5.11. The molecular weight excluding hydrogens is 386 g/mol. The van der Waals surface area contributed by atoms with Gasteiger partial charge in [0.25, 0.3) is 5.91 Å². The minimum atomic E-state index is -0.163. The fourth-order valence-corrected chi connectivity index (χ4v) is 3.44. The fraction of sp³-hybridized carbons (Fsp3) is 0.190. The van der Waals surface area contributed by atoms with Gasteiger partial charge < -0.3 is 20.4 Å². The number of H-pyrrole nitrogens is 1. The lowest BCUT2D eigenvalue weighted by Gasteiger charge is -2.12. The highest BCUT2D eigenvalue weighted by atomic mass is 32.1. The molecule has 0 radical (unpaired) electrons. The van der Waals surface area contributed by atoms with E-state index in [2.05, 4.69) is 25.6 Å². The number of thiazole rings is 1. The maximum absolute atomic E-state index is 12.1. The molecule has 4 aromatic rings. The van der Waals surface area contributed by atoms with Crippen LogP contribution in [-0.2, 0) is 17.8 Å². The molecule has 0 saturated carbocycles. The lowest BCUT2D eigenvalue weighted by Crippen LogP contribution is -2.30. The average molecular weight is 407 g/mol. The Morgan fingerprint density at radius 1 is 1.14 bits per heavy atom. The third-order valence-corrected chi connectivity index (χ3v) is 5.05. The van der Waals surface area contributed by atoms with Crippen molar-refractivity contribution >= 4 is 33.4 Å². The molecule has 0 fully saturated rings. The van der Waals surface area contributed by atoms with Gasteiger partial charge in [-0.25, -0.2) is 9.97 Å². The first kappa shape index (κ1) is 18.9. The predicted octanol–water partition coefficient (Wildman–Crippen LogP) is 3.37. The van der Waals surface area contributed by atoms with Gasteiger partial charge in [0.2, 0.25) is 0 Å². The highest BCUT2D eigenvalue weighted by molar-refractivity contribution is 7.13. The lowest BCUT2D eigenvalue weighted by atomic mass is 10.2. The third-order valence-electron chi connectivity index (χ3n) is 4.32. The van der Waals surface area contributed by atoms with E-state index in [-0.39, 0.29) is 12.5 Å². The van der Waals surface area contributed by atoms with Crippen molar-refractivity contribution in [2.24, 2.45) is 0 Å². The van der Waals surface area contributed by atoms with E-state index >= 15 is 0 Å². The summed E-state index contributed by atoms with van der Waals surface area (Å²) < 4.78 is 5.73. The van der Waals surface area contributed by atoms with Crippen molar-refractivity contribution < 1.29 is 9.53 Å². The number of benzene rings is 2. The first-order valence-electron chi connectivity index (χ1n) is 9.32. The van der Waals surface area contributed by atoms with Crippen molar-refractivity contribution in [1.82, 2.24) is 20.3 Å². The first-order chi connectivity index (χ1) is 14.3. The molecule has 148 valence electrons. The van der Waals surface area contributed by atoms with E-state index in [9.17, 15) is 4.79 Å². The zero-order valence-corrected chi connectivity index (χ0v) is 16.5. The van der Waals surface area contributed by atoms with E-state index in [1.807, 2.05) is 53.9 Å². The molecule has 2 aromatic carbocycles. The number of hydrogen-bond acceptors (Lipinski definition) is 6. The normalized spacial score (nSPS) is 10.8. The van der Waals surface area contributed by atoms with Gasteiger partial charge in [0.05, 0.1) is 11.0 Å². The molecule has 7 nitrogen and oxygen atoms in total. The van der Waals surface area contributed by atoms with E-state index in [1.54, 1.807) is 6.20 Å². The van der Waals surface area contributed by atoms with Gasteiger partial charge >= 0.3 is 0 Å². The smallest absolute Gasteiger partial charge is 0.257 e. The number of aromatic amines is 1. The molecule has 3 N–H and O–H groups in total. The Labute approximate surface area is 172 Å². The van der Waals surface area contributed by atoms with Crippen LogP contribution in [0.4, 0.5) is 5.13 Å². The predicted molar refractivity (Wildman–Crippen MR) is 114 cm³/mol. The molecule has 2 aromatic heterocycles. The Morgan fingerprint density at radius 2 is 2.00 bits per heavy atom. The molecule has 2 heterocycles. The van der Waals surface area contributed by atoms with Crippen LogP contribution in [0.3, 0.4) is 0 Å². The molecular formula is C21H21N5O2S. The van der Waals surface area contributed by atoms with Gasteiger partial charge in [-0.05, 0) is 18.2 Å². The van der Waals surface area contributed by atoms with Crippen LogP contribution in [-0.4, -0.2) is 34.0 Å². The van der Waals surface area contributed by atoms with Crippen molar-refractivity contribution in [1.29, 1.82) is 0 Å². The number of nitrogens with one attached hydrogen (secondary N) is 3. The van der Waals surface area contributed by atoms with Crippen molar-refractivity contribution in [3.8, 4) is 5.75 Å². The second-order valence-corrected chi connectivity index (χ2v) is 7.28. The number of rotatable bonds is 9. The number of carbonyl (C=O) groups is 1. The topological polar surface area (TPSA) is 91.9 Å². The quantitative estimate of drug-likeness (QED) is 0.396. The number of imidazole rings is 1. The molecule has 1 amide bonds. The zero-order valence-electron chi connectivity index (χ0n) is 15.7. The van der Waals surface area contributed by atoms with E-state index in [1.165, 1.54) is 11.3 Å². The minimum Gasteiger partial charge on any atom is -0.483 e. The van der Waals surface area contributed by atoms with Gasteiger partial charge in [0, 0.05) is 36.7 Å². The van der Waals surface area contributed by atoms with Crippen LogP contribution >= 0.6 is 11.3 Å². The van der Waals surface area contributed by atoms with E-state index in [4.69, 9.17) is 4.74 Å². The summed E-state index contributed by atoms with van der Waals surface area (Å²) in [5.41, 5.74) is 2.90. The Morgan fingerprint density at radius 3 is 2.86 bits per heavy atom. The molecule has 0 aliphatic heterocycles. The minimum absolute atomic E-state index is 0.0333. The van der Waals surface area contributed by atoms with Gasteiger partial charge in [-0.2, -0.15) is 0 Å². The van der Waals surface area contributed by atoms with Crippen LogP contribution in [0.1, 0.15) is 11.4 Å². The van der Waals surface area contributed by atoms with Gasteiger partial charge in [0.1, 0.15) is 11.6 Å². The van der Waals surface area contributed by atoms with Crippen molar-refractivity contribution in [2.75, 3.05) is 18.5 Å². The summed E-state index contributed by atoms with van der Waals surface area (Å²) in [7, 11) is 0. The summed E-state index contributed by atoms with van der Waals surface area (Å²) in [5.74, 6) is 1.37. The standard InChI is InChI=1S/C21H21N5O2S/c27-20(22-10-9-19-25-16-6-2-3-7-17(16)26-19)14-28-18-8-4-1-5-15(18)13-24-21-23-11-12-29-21/h1-8,11-12H,9-10,13-14H2,(H,22,27)(H,23,24)(H,25,26). The number of carbonyl (C=O) groups excluding carboxylic acids is 1. The highest BCUT2D eigenvalue weighted by Gasteiger charge is 2.08. The Hall–Kier alpha value is -3.39. The summed E-state index contributed by atoms with van der Waals surface area (Å²) >= 11 is 1.54. The number of anilines is 1. The maximum atomic E-state index is 12.1. The molecule has 0 unspecified atom stereocenters. The lowest BCUT2D eigenvalue weighted by molar-refractivity contribution is -0.123. The largest absolute Gasteiger partial charge is 0.483 e. The number of amides is 1.